The van der Waals surface area contributed by atoms with Crippen LogP contribution in [-0.2, 0) is 10.2 Å². The van der Waals surface area contributed by atoms with E-state index in [1.807, 2.05) is 4.90 Å². The predicted octanol–water partition coefficient (Wildman–Crippen LogP) is 2.36. The molecule has 1 amide bonds. The summed E-state index contributed by atoms with van der Waals surface area (Å²) in [6.07, 6.45) is 6.42. The Hall–Kier alpha value is -2.18. The fraction of sp³-hybridized carbons (Fsp3) is 0.524. The number of carbonyl (C=O) groups excluding carboxylic acids is 1. The first-order chi connectivity index (χ1) is 13.3. The van der Waals surface area contributed by atoms with Crippen molar-refractivity contribution in [1.82, 2.24) is 19.8 Å². The molecule has 3 heterocycles. The predicted molar refractivity (Wildman–Crippen MR) is 102 cm³/mol. The number of aromatic amines is 1. The van der Waals surface area contributed by atoms with Crippen molar-refractivity contribution in [2.24, 2.45) is 0 Å². The molecule has 2 aliphatic heterocycles. The zero-order valence-corrected chi connectivity index (χ0v) is 15.6. The number of benzene rings is 1. The van der Waals surface area contributed by atoms with Crippen LogP contribution < -0.4 is 0 Å². The van der Waals surface area contributed by atoms with E-state index >= 15 is 0 Å². The molecule has 1 aromatic heterocycles. The molecule has 1 atom stereocenters. The number of likely N-dealkylation sites (tertiary alicyclic amines) is 1. The molecule has 1 aliphatic carbocycles. The number of hydrogen-bond donors (Lipinski definition) is 1. The molecule has 6 nitrogen and oxygen atoms in total. The molecule has 2 fully saturated rings. The first-order valence-corrected chi connectivity index (χ1v) is 9.96. The van der Waals surface area contributed by atoms with Crippen LogP contribution in [0.5, 0.6) is 0 Å². The number of H-pyrrole nitrogens is 1. The summed E-state index contributed by atoms with van der Waals surface area (Å²) in [4.78, 5) is 24.1. The molecule has 2 saturated heterocycles. The number of amides is 1. The van der Waals surface area contributed by atoms with Crippen molar-refractivity contribution in [3.63, 3.8) is 0 Å². The Labute approximate surface area is 159 Å². The van der Waals surface area contributed by atoms with E-state index in [4.69, 9.17) is 4.74 Å². The van der Waals surface area contributed by atoms with Gasteiger partial charge in [-0.15, -0.1) is 0 Å². The van der Waals surface area contributed by atoms with Crippen molar-refractivity contribution in [1.29, 1.82) is 0 Å². The van der Waals surface area contributed by atoms with E-state index in [0.29, 0.717) is 11.7 Å². The minimum absolute atomic E-state index is 0.0679. The molecule has 1 unspecified atom stereocenters. The third kappa shape index (κ3) is 2.87. The second kappa shape index (κ2) is 6.77. The van der Waals surface area contributed by atoms with Crippen LogP contribution in [0.4, 0.5) is 0 Å². The number of rotatable bonds is 2. The van der Waals surface area contributed by atoms with Gasteiger partial charge < -0.3 is 14.6 Å². The topological polar surface area (TPSA) is 61.5 Å². The van der Waals surface area contributed by atoms with Crippen LogP contribution in [0.25, 0.3) is 0 Å². The molecule has 1 spiro atoms. The largest absolute Gasteiger partial charge is 0.379 e. The lowest BCUT2D eigenvalue weighted by Crippen LogP contribution is -2.45. The number of imidazole rings is 1. The molecule has 3 aliphatic rings. The van der Waals surface area contributed by atoms with E-state index < -0.39 is 0 Å². The summed E-state index contributed by atoms with van der Waals surface area (Å²) in [5.74, 6) is 0.0679. The smallest absolute Gasteiger partial charge is 0.271 e. The highest BCUT2D eigenvalue weighted by Crippen LogP contribution is 2.52. The van der Waals surface area contributed by atoms with E-state index in [1.54, 1.807) is 12.5 Å². The lowest BCUT2D eigenvalue weighted by atomic mass is 9.73. The summed E-state index contributed by atoms with van der Waals surface area (Å²) < 4.78 is 5.57. The summed E-state index contributed by atoms with van der Waals surface area (Å²) in [6.45, 7) is 5.30. The molecule has 5 rings (SSSR count). The fourth-order valence-corrected chi connectivity index (χ4v) is 5.23. The molecular formula is C21H26N4O2. The number of morpholine rings is 1. The van der Waals surface area contributed by atoms with Gasteiger partial charge in [-0.3, -0.25) is 9.69 Å². The van der Waals surface area contributed by atoms with Crippen LogP contribution >= 0.6 is 0 Å². The maximum absolute atomic E-state index is 12.7. The number of hydrogen-bond acceptors (Lipinski definition) is 4. The van der Waals surface area contributed by atoms with Gasteiger partial charge in [0.25, 0.3) is 5.91 Å². The van der Waals surface area contributed by atoms with Gasteiger partial charge in [0.2, 0.25) is 0 Å². The second-order valence-corrected chi connectivity index (χ2v) is 7.99. The van der Waals surface area contributed by atoms with Gasteiger partial charge in [0, 0.05) is 37.6 Å². The molecule has 2 aromatic rings. The lowest BCUT2D eigenvalue weighted by Gasteiger charge is -2.41. The maximum atomic E-state index is 12.7. The number of fused-ring (bicyclic) bond motifs is 2. The SMILES string of the molecule is O=C(c1cnc[nH]1)N1CCC2(CC1)CC(N1CCOCC1)c1ccccc12. The Morgan fingerprint density at radius 1 is 1.15 bits per heavy atom. The number of piperidine rings is 1. The number of ether oxygens (including phenoxy) is 1. The third-order valence-electron chi connectivity index (χ3n) is 6.70. The molecule has 142 valence electrons. The molecule has 1 aromatic carbocycles. The number of nitrogens with one attached hydrogen (secondary N) is 1. The van der Waals surface area contributed by atoms with Gasteiger partial charge in [0.15, 0.2) is 0 Å². The zero-order chi connectivity index (χ0) is 18.3. The van der Waals surface area contributed by atoms with Crippen LogP contribution in [0.3, 0.4) is 0 Å². The summed E-state index contributed by atoms with van der Waals surface area (Å²) in [5.41, 5.74) is 3.79. The van der Waals surface area contributed by atoms with Crippen molar-refractivity contribution < 1.29 is 9.53 Å². The monoisotopic (exact) mass is 366 g/mol. The van der Waals surface area contributed by atoms with Gasteiger partial charge in [-0.25, -0.2) is 4.98 Å². The van der Waals surface area contributed by atoms with Gasteiger partial charge in [-0.1, -0.05) is 24.3 Å². The Morgan fingerprint density at radius 2 is 1.93 bits per heavy atom. The van der Waals surface area contributed by atoms with Crippen LogP contribution in [0.15, 0.2) is 36.8 Å². The minimum Gasteiger partial charge on any atom is -0.379 e. The van der Waals surface area contributed by atoms with Gasteiger partial charge >= 0.3 is 0 Å². The number of aromatic nitrogens is 2. The first kappa shape index (κ1) is 17.0. The summed E-state index contributed by atoms with van der Waals surface area (Å²) >= 11 is 0. The number of carbonyl (C=O) groups is 1. The van der Waals surface area contributed by atoms with Crippen molar-refractivity contribution in [2.75, 3.05) is 39.4 Å². The fourth-order valence-electron chi connectivity index (χ4n) is 5.23. The normalized spacial score (nSPS) is 24.9. The summed E-state index contributed by atoms with van der Waals surface area (Å²) in [5, 5.41) is 0. The van der Waals surface area contributed by atoms with Gasteiger partial charge in [0.05, 0.1) is 25.7 Å². The highest BCUT2D eigenvalue weighted by atomic mass is 16.5. The van der Waals surface area contributed by atoms with Crippen molar-refractivity contribution in [2.45, 2.75) is 30.7 Å². The molecule has 6 heteroatoms. The van der Waals surface area contributed by atoms with E-state index in [9.17, 15) is 4.79 Å². The molecule has 0 radical (unpaired) electrons. The third-order valence-corrected chi connectivity index (χ3v) is 6.70. The quantitative estimate of drug-likeness (QED) is 0.886. The molecule has 1 N–H and O–H groups in total. The van der Waals surface area contributed by atoms with Gasteiger partial charge in [-0.2, -0.15) is 0 Å². The Morgan fingerprint density at radius 3 is 2.67 bits per heavy atom. The lowest BCUT2D eigenvalue weighted by molar-refractivity contribution is 0.0104. The Kier molecular flexibility index (Phi) is 4.25. The standard InChI is InChI=1S/C21H26N4O2/c26-20(18-14-22-15-23-18)25-7-5-21(6-8-25)13-19(24-9-11-27-12-10-24)16-3-1-2-4-17(16)21/h1-4,14-15,19H,5-13H2,(H,22,23). The van der Waals surface area contributed by atoms with E-state index in [0.717, 1.165) is 52.2 Å². The molecule has 0 saturated carbocycles. The molecule has 0 bridgehead atoms. The first-order valence-electron chi connectivity index (χ1n) is 9.96. The van der Waals surface area contributed by atoms with Crippen LogP contribution in [0.2, 0.25) is 0 Å². The van der Waals surface area contributed by atoms with Crippen LogP contribution in [0.1, 0.15) is 46.9 Å². The van der Waals surface area contributed by atoms with Gasteiger partial charge in [0.1, 0.15) is 5.69 Å². The van der Waals surface area contributed by atoms with Crippen molar-refractivity contribution >= 4 is 5.91 Å². The highest BCUT2D eigenvalue weighted by molar-refractivity contribution is 5.92. The Bertz CT molecular complexity index is 805. The zero-order valence-electron chi connectivity index (χ0n) is 15.6. The molecular weight excluding hydrogens is 340 g/mol. The number of nitrogens with zero attached hydrogens (tertiary/aromatic N) is 3. The Balaban J connectivity index is 1.37. The van der Waals surface area contributed by atoms with Crippen molar-refractivity contribution in [3.05, 3.63) is 53.6 Å². The van der Waals surface area contributed by atoms with E-state index in [-0.39, 0.29) is 11.3 Å². The van der Waals surface area contributed by atoms with Gasteiger partial charge in [-0.05, 0) is 30.4 Å². The summed E-state index contributed by atoms with van der Waals surface area (Å²) in [7, 11) is 0. The second-order valence-electron chi connectivity index (χ2n) is 7.99. The highest BCUT2D eigenvalue weighted by Gasteiger charge is 2.47. The minimum atomic E-state index is 0.0679. The average Bonchev–Trinajstić information content (AvgIpc) is 3.37. The van der Waals surface area contributed by atoms with E-state index in [2.05, 4.69) is 39.1 Å². The summed E-state index contributed by atoms with van der Waals surface area (Å²) in [6, 6.07) is 9.46. The van der Waals surface area contributed by atoms with Crippen molar-refractivity contribution in [3.8, 4) is 0 Å². The molecule has 27 heavy (non-hydrogen) atoms. The van der Waals surface area contributed by atoms with Crippen LogP contribution in [0, 0.1) is 0 Å². The van der Waals surface area contributed by atoms with E-state index in [1.165, 1.54) is 17.5 Å². The van der Waals surface area contributed by atoms with Crippen LogP contribution in [-0.4, -0.2) is 65.1 Å². The maximum Gasteiger partial charge on any atom is 0.271 e. The average molecular weight is 366 g/mol.